The lowest BCUT2D eigenvalue weighted by Gasteiger charge is -2.20. The summed E-state index contributed by atoms with van der Waals surface area (Å²) in [6, 6.07) is 8.82. The molecule has 1 aromatic rings. The molecule has 0 spiro atoms. The van der Waals surface area contributed by atoms with E-state index in [1.807, 2.05) is 13.0 Å². The lowest BCUT2D eigenvalue weighted by atomic mass is 10.0. The molecular formula is C14H21NO2. The van der Waals surface area contributed by atoms with Gasteiger partial charge in [-0.3, -0.25) is 4.79 Å². The smallest absolute Gasteiger partial charge is 0.303 e. The van der Waals surface area contributed by atoms with Crippen LogP contribution in [0.1, 0.15) is 43.9 Å². The summed E-state index contributed by atoms with van der Waals surface area (Å²) in [4.78, 5) is 10.5. The molecule has 1 rings (SSSR count). The molecule has 0 aliphatic heterocycles. The second-order valence-electron chi connectivity index (χ2n) is 4.64. The first-order valence-electron chi connectivity index (χ1n) is 6.03. The molecule has 1 aromatic carbocycles. The number of aliphatic carboxylic acids is 1. The number of carboxylic acids is 1. The SMILES string of the molecule is Cc1cccc([C@H](C)NC(C)CCC(=O)O)c1. The molecule has 0 amide bonds. The van der Waals surface area contributed by atoms with Gasteiger partial charge in [0.15, 0.2) is 0 Å². The summed E-state index contributed by atoms with van der Waals surface area (Å²) in [6.07, 6.45) is 0.875. The summed E-state index contributed by atoms with van der Waals surface area (Å²) in [5.41, 5.74) is 2.49. The predicted octanol–water partition coefficient (Wildman–Crippen LogP) is 2.90. The van der Waals surface area contributed by atoms with Crippen molar-refractivity contribution in [2.75, 3.05) is 0 Å². The van der Waals surface area contributed by atoms with Gasteiger partial charge in [0.2, 0.25) is 0 Å². The monoisotopic (exact) mass is 235 g/mol. The predicted molar refractivity (Wildman–Crippen MR) is 69.1 cm³/mol. The number of hydrogen-bond donors (Lipinski definition) is 2. The molecule has 0 bridgehead atoms. The molecule has 0 radical (unpaired) electrons. The van der Waals surface area contributed by atoms with Crippen LogP contribution in [0.5, 0.6) is 0 Å². The van der Waals surface area contributed by atoms with Crippen LogP contribution >= 0.6 is 0 Å². The first-order valence-corrected chi connectivity index (χ1v) is 6.03. The normalized spacial score (nSPS) is 14.3. The van der Waals surface area contributed by atoms with Gasteiger partial charge in [0, 0.05) is 18.5 Å². The number of carboxylic acid groups (broad SMARTS) is 1. The second kappa shape index (κ2) is 6.40. The highest BCUT2D eigenvalue weighted by molar-refractivity contribution is 5.66. The van der Waals surface area contributed by atoms with Crippen molar-refractivity contribution in [3.05, 3.63) is 35.4 Å². The van der Waals surface area contributed by atoms with Gasteiger partial charge >= 0.3 is 5.97 Å². The molecule has 2 atom stereocenters. The zero-order valence-electron chi connectivity index (χ0n) is 10.7. The Morgan fingerprint density at radius 2 is 2.12 bits per heavy atom. The molecule has 1 unspecified atom stereocenters. The van der Waals surface area contributed by atoms with Crippen LogP contribution in [-0.2, 0) is 4.79 Å². The van der Waals surface area contributed by atoms with Crippen molar-refractivity contribution in [3.63, 3.8) is 0 Å². The summed E-state index contributed by atoms with van der Waals surface area (Å²) in [6.45, 7) is 6.20. The topological polar surface area (TPSA) is 49.3 Å². The highest BCUT2D eigenvalue weighted by atomic mass is 16.4. The quantitative estimate of drug-likeness (QED) is 0.797. The molecule has 0 aliphatic carbocycles. The fourth-order valence-electron chi connectivity index (χ4n) is 1.89. The average molecular weight is 235 g/mol. The summed E-state index contributed by atoms with van der Waals surface area (Å²) in [5.74, 6) is -0.734. The molecule has 0 aromatic heterocycles. The second-order valence-corrected chi connectivity index (χ2v) is 4.64. The van der Waals surface area contributed by atoms with E-state index < -0.39 is 5.97 Å². The van der Waals surface area contributed by atoms with Crippen LogP contribution in [0, 0.1) is 6.92 Å². The van der Waals surface area contributed by atoms with Crippen LogP contribution in [0.25, 0.3) is 0 Å². The summed E-state index contributed by atoms with van der Waals surface area (Å²) in [7, 11) is 0. The molecular weight excluding hydrogens is 214 g/mol. The van der Waals surface area contributed by atoms with Gasteiger partial charge in [-0.25, -0.2) is 0 Å². The maximum Gasteiger partial charge on any atom is 0.303 e. The zero-order valence-corrected chi connectivity index (χ0v) is 10.7. The van der Waals surface area contributed by atoms with Crippen molar-refractivity contribution in [2.24, 2.45) is 0 Å². The Hall–Kier alpha value is -1.35. The first-order chi connectivity index (χ1) is 7.99. The fourth-order valence-corrected chi connectivity index (χ4v) is 1.89. The van der Waals surface area contributed by atoms with E-state index in [4.69, 9.17) is 5.11 Å². The van der Waals surface area contributed by atoms with Crippen molar-refractivity contribution in [1.29, 1.82) is 0 Å². The molecule has 0 saturated heterocycles. The van der Waals surface area contributed by atoms with Crippen molar-refractivity contribution in [3.8, 4) is 0 Å². The lowest BCUT2D eigenvalue weighted by molar-refractivity contribution is -0.137. The Labute approximate surface area is 103 Å². The Bertz CT molecular complexity index is 376. The third-order valence-corrected chi connectivity index (χ3v) is 2.87. The Morgan fingerprint density at radius 1 is 1.41 bits per heavy atom. The third-order valence-electron chi connectivity index (χ3n) is 2.87. The number of carbonyl (C=O) groups is 1. The minimum atomic E-state index is -0.734. The summed E-state index contributed by atoms with van der Waals surface area (Å²) in [5, 5.41) is 12.0. The van der Waals surface area contributed by atoms with Gasteiger partial charge in [-0.1, -0.05) is 29.8 Å². The number of nitrogens with one attached hydrogen (secondary N) is 1. The van der Waals surface area contributed by atoms with Crippen LogP contribution in [0.15, 0.2) is 24.3 Å². The maximum atomic E-state index is 10.5. The van der Waals surface area contributed by atoms with Gasteiger partial charge in [0.1, 0.15) is 0 Å². The fraction of sp³-hybridized carbons (Fsp3) is 0.500. The van der Waals surface area contributed by atoms with Crippen molar-refractivity contribution < 1.29 is 9.90 Å². The number of rotatable bonds is 6. The molecule has 2 N–H and O–H groups in total. The maximum absolute atomic E-state index is 10.5. The number of hydrogen-bond acceptors (Lipinski definition) is 2. The molecule has 17 heavy (non-hydrogen) atoms. The van der Waals surface area contributed by atoms with Crippen LogP contribution < -0.4 is 5.32 Å². The number of benzene rings is 1. The van der Waals surface area contributed by atoms with E-state index >= 15 is 0 Å². The van der Waals surface area contributed by atoms with Gasteiger partial charge in [-0.15, -0.1) is 0 Å². The minimum absolute atomic E-state index is 0.210. The molecule has 3 heteroatoms. The molecule has 0 heterocycles. The van der Waals surface area contributed by atoms with Crippen molar-refractivity contribution in [2.45, 2.75) is 45.7 Å². The minimum Gasteiger partial charge on any atom is -0.481 e. The van der Waals surface area contributed by atoms with E-state index in [2.05, 4.69) is 37.4 Å². The first kappa shape index (κ1) is 13.7. The van der Waals surface area contributed by atoms with Gasteiger partial charge < -0.3 is 10.4 Å². The Morgan fingerprint density at radius 3 is 2.71 bits per heavy atom. The van der Waals surface area contributed by atoms with E-state index in [9.17, 15) is 4.79 Å². The van der Waals surface area contributed by atoms with E-state index in [1.165, 1.54) is 11.1 Å². The van der Waals surface area contributed by atoms with Crippen LogP contribution in [0.3, 0.4) is 0 Å². The van der Waals surface area contributed by atoms with Gasteiger partial charge in [0.25, 0.3) is 0 Å². The summed E-state index contributed by atoms with van der Waals surface area (Å²) >= 11 is 0. The van der Waals surface area contributed by atoms with E-state index in [-0.39, 0.29) is 18.5 Å². The average Bonchev–Trinajstić information content (AvgIpc) is 2.26. The van der Waals surface area contributed by atoms with Gasteiger partial charge in [-0.05, 0) is 32.8 Å². The van der Waals surface area contributed by atoms with Crippen LogP contribution in [-0.4, -0.2) is 17.1 Å². The molecule has 0 saturated carbocycles. The van der Waals surface area contributed by atoms with E-state index in [0.717, 1.165) is 0 Å². The van der Waals surface area contributed by atoms with E-state index in [0.29, 0.717) is 6.42 Å². The van der Waals surface area contributed by atoms with Crippen molar-refractivity contribution >= 4 is 5.97 Å². The Kier molecular flexibility index (Phi) is 5.16. The lowest BCUT2D eigenvalue weighted by Crippen LogP contribution is -2.29. The van der Waals surface area contributed by atoms with Gasteiger partial charge in [-0.2, -0.15) is 0 Å². The highest BCUT2D eigenvalue weighted by Crippen LogP contribution is 2.15. The van der Waals surface area contributed by atoms with Crippen molar-refractivity contribution in [1.82, 2.24) is 5.32 Å². The zero-order chi connectivity index (χ0) is 12.8. The van der Waals surface area contributed by atoms with E-state index in [1.54, 1.807) is 0 Å². The standard InChI is InChI=1S/C14H21NO2/c1-10-5-4-6-13(9-10)12(3)15-11(2)7-8-14(16)17/h4-6,9,11-12,15H,7-8H2,1-3H3,(H,16,17)/t11?,12-/m0/s1. The largest absolute Gasteiger partial charge is 0.481 e. The summed E-state index contributed by atoms with van der Waals surface area (Å²) < 4.78 is 0. The third kappa shape index (κ3) is 5.00. The molecule has 0 fully saturated rings. The number of aryl methyl sites for hydroxylation is 1. The van der Waals surface area contributed by atoms with Crippen LogP contribution in [0.4, 0.5) is 0 Å². The van der Waals surface area contributed by atoms with Gasteiger partial charge in [0.05, 0.1) is 0 Å². The van der Waals surface area contributed by atoms with Crippen LogP contribution in [0.2, 0.25) is 0 Å². The molecule has 0 aliphatic rings. The Balaban J connectivity index is 2.48. The molecule has 94 valence electrons. The highest BCUT2D eigenvalue weighted by Gasteiger charge is 2.10. The molecule has 3 nitrogen and oxygen atoms in total.